The van der Waals surface area contributed by atoms with Crippen molar-refractivity contribution in [2.24, 2.45) is 5.92 Å². The second-order valence-corrected chi connectivity index (χ2v) is 7.62. The summed E-state index contributed by atoms with van der Waals surface area (Å²) in [5.41, 5.74) is 0.704. The number of para-hydroxylation sites is 1. The van der Waals surface area contributed by atoms with Gasteiger partial charge in [0.05, 0.1) is 17.5 Å². The van der Waals surface area contributed by atoms with E-state index in [0.717, 1.165) is 10.9 Å². The molecule has 4 rings (SSSR count). The van der Waals surface area contributed by atoms with Gasteiger partial charge in [-0.15, -0.1) is 0 Å². The second-order valence-electron chi connectivity index (χ2n) is 7.62. The van der Waals surface area contributed by atoms with Crippen LogP contribution in [0.25, 0.3) is 10.9 Å². The van der Waals surface area contributed by atoms with Gasteiger partial charge in [-0.05, 0) is 30.4 Å². The Labute approximate surface area is 161 Å². The number of pyridine rings is 1. The van der Waals surface area contributed by atoms with Crippen molar-refractivity contribution in [1.82, 2.24) is 4.57 Å². The highest BCUT2D eigenvalue weighted by Crippen LogP contribution is 2.36. The molecule has 0 amide bonds. The second kappa shape index (κ2) is 6.78. The van der Waals surface area contributed by atoms with E-state index in [9.17, 15) is 14.4 Å². The summed E-state index contributed by atoms with van der Waals surface area (Å²) in [5, 5.41) is 0.884. The number of benzene rings is 1. The molecule has 1 atom stereocenters. The zero-order chi connectivity index (χ0) is 20.0. The monoisotopic (exact) mass is 379 g/mol. The molecule has 3 aromatic rings. The Bertz CT molecular complexity index is 1200. The summed E-state index contributed by atoms with van der Waals surface area (Å²) in [4.78, 5) is 38.1. The molecule has 0 N–H and O–H groups in total. The van der Waals surface area contributed by atoms with Crippen molar-refractivity contribution in [2.75, 3.05) is 0 Å². The van der Waals surface area contributed by atoms with Gasteiger partial charge in [0.1, 0.15) is 11.5 Å². The molecule has 0 saturated carbocycles. The first kappa shape index (κ1) is 18.2. The number of nitrogens with zero attached hydrogens (tertiary/aromatic N) is 1. The number of hydrogen-bond donors (Lipinski definition) is 0. The average Bonchev–Trinajstić information content (AvgIpc) is 2.62. The van der Waals surface area contributed by atoms with E-state index in [-0.39, 0.29) is 29.2 Å². The smallest absolute Gasteiger partial charge is 0.343 e. The highest BCUT2D eigenvalue weighted by atomic mass is 16.5. The maximum Gasteiger partial charge on any atom is 0.343 e. The molecule has 6 heteroatoms. The van der Waals surface area contributed by atoms with E-state index in [1.807, 2.05) is 38.1 Å². The van der Waals surface area contributed by atoms with Crippen molar-refractivity contribution in [3.05, 3.63) is 74.1 Å². The Balaban J connectivity index is 2.01. The van der Waals surface area contributed by atoms with Crippen molar-refractivity contribution in [1.29, 1.82) is 0 Å². The molecular weight excluding hydrogens is 358 g/mol. The van der Waals surface area contributed by atoms with Gasteiger partial charge >= 0.3 is 11.6 Å². The number of aryl methyl sites for hydroxylation is 1. The molecule has 1 aliphatic rings. The molecule has 0 fully saturated rings. The Morgan fingerprint density at radius 2 is 1.89 bits per heavy atom. The van der Waals surface area contributed by atoms with Crippen LogP contribution in [0.5, 0.6) is 5.75 Å². The molecule has 0 spiro atoms. The van der Waals surface area contributed by atoms with Crippen LogP contribution in [0, 0.1) is 12.8 Å². The van der Waals surface area contributed by atoms with Crippen LogP contribution >= 0.6 is 0 Å². The fourth-order valence-corrected chi connectivity index (χ4v) is 3.84. The van der Waals surface area contributed by atoms with Gasteiger partial charge in [-0.25, -0.2) is 4.79 Å². The van der Waals surface area contributed by atoms with E-state index in [1.165, 1.54) is 6.07 Å². The lowest BCUT2D eigenvalue weighted by Gasteiger charge is -2.24. The highest BCUT2D eigenvalue weighted by molar-refractivity contribution is 5.81. The van der Waals surface area contributed by atoms with Gasteiger partial charge < -0.3 is 13.7 Å². The number of fused-ring (bicyclic) bond motifs is 2. The molecule has 0 unspecified atom stereocenters. The summed E-state index contributed by atoms with van der Waals surface area (Å²) in [7, 11) is 0. The Morgan fingerprint density at radius 1 is 1.14 bits per heavy atom. The summed E-state index contributed by atoms with van der Waals surface area (Å²) >= 11 is 0. The predicted molar refractivity (Wildman–Crippen MR) is 105 cm³/mol. The standard InChI is InChI=1S/C22H21NO5/c1-12(2)11-23-17-7-5-4-6-14(17)9-16(21(23)25)15-10-19(24)28-18-8-13(3)27-22(26)20(15)18/h4-9,12,15H,10-11H2,1-3H3/t15-/m0/s1. The molecule has 1 aliphatic heterocycles. The molecule has 144 valence electrons. The molecule has 0 radical (unpaired) electrons. The van der Waals surface area contributed by atoms with Crippen LogP contribution in [0.15, 0.2) is 50.4 Å². The molecule has 28 heavy (non-hydrogen) atoms. The van der Waals surface area contributed by atoms with Crippen molar-refractivity contribution >= 4 is 16.9 Å². The Kier molecular flexibility index (Phi) is 4.41. The lowest BCUT2D eigenvalue weighted by molar-refractivity contribution is -0.135. The van der Waals surface area contributed by atoms with Crippen LogP contribution in [-0.4, -0.2) is 10.5 Å². The number of carbonyl (C=O) groups excluding carboxylic acids is 1. The number of ether oxygens (including phenoxy) is 1. The molecule has 3 heterocycles. The van der Waals surface area contributed by atoms with E-state index in [1.54, 1.807) is 17.6 Å². The number of aromatic nitrogens is 1. The van der Waals surface area contributed by atoms with Crippen LogP contribution in [0.2, 0.25) is 0 Å². The van der Waals surface area contributed by atoms with E-state index in [0.29, 0.717) is 17.9 Å². The molecular formula is C22H21NO5. The number of hydrogen-bond acceptors (Lipinski definition) is 5. The Morgan fingerprint density at radius 3 is 2.64 bits per heavy atom. The molecule has 2 aromatic heterocycles. The minimum absolute atomic E-state index is 0.0733. The first-order chi connectivity index (χ1) is 13.3. The van der Waals surface area contributed by atoms with Gasteiger partial charge in [0.25, 0.3) is 5.56 Å². The quantitative estimate of drug-likeness (QED) is 0.652. The van der Waals surface area contributed by atoms with E-state index in [2.05, 4.69) is 0 Å². The van der Waals surface area contributed by atoms with Crippen LogP contribution in [0.4, 0.5) is 0 Å². The zero-order valence-corrected chi connectivity index (χ0v) is 16.0. The number of esters is 1. The number of rotatable bonds is 3. The minimum atomic E-state index is -0.691. The van der Waals surface area contributed by atoms with Gasteiger partial charge in [0.2, 0.25) is 0 Å². The average molecular weight is 379 g/mol. The minimum Gasteiger partial charge on any atom is -0.428 e. The summed E-state index contributed by atoms with van der Waals surface area (Å²) in [6.45, 7) is 6.24. The molecule has 6 nitrogen and oxygen atoms in total. The van der Waals surface area contributed by atoms with Crippen molar-refractivity contribution in [3.8, 4) is 5.75 Å². The van der Waals surface area contributed by atoms with E-state index < -0.39 is 17.5 Å². The van der Waals surface area contributed by atoms with E-state index >= 15 is 0 Å². The molecule has 1 aromatic carbocycles. The van der Waals surface area contributed by atoms with Gasteiger partial charge in [-0.1, -0.05) is 32.0 Å². The predicted octanol–water partition coefficient (Wildman–Crippen LogP) is 3.36. The normalized spacial score (nSPS) is 16.3. The maximum absolute atomic E-state index is 13.4. The SMILES string of the molecule is Cc1cc2c(c(=O)o1)[C@H](c1cc3ccccc3n(CC(C)C)c1=O)CC(=O)O2. The van der Waals surface area contributed by atoms with Crippen molar-refractivity contribution in [2.45, 2.75) is 39.7 Å². The third kappa shape index (κ3) is 3.05. The summed E-state index contributed by atoms with van der Waals surface area (Å²) in [6.07, 6.45) is -0.0733. The van der Waals surface area contributed by atoms with Crippen molar-refractivity contribution < 1.29 is 13.9 Å². The Hall–Kier alpha value is -3.15. The van der Waals surface area contributed by atoms with Gasteiger partial charge in [0, 0.05) is 24.1 Å². The molecule has 0 saturated heterocycles. The van der Waals surface area contributed by atoms with Crippen LogP contribution in [0.3, 0.4) is 0 Å². The fourth-order valence-electron chi connectivity index (χ4n) is 3.84. The first-order valence-electron chi connectivity index (χ1n) is 9.33. The van der Waals surface area contributed by atoms with Crippen LogP contribution in [0.1, 0.15) is 43.1 Å². The molecule has 0 aliphatic carbocycles. The summed E-state index contributed by atoms with van der Waals surface area (Å²) < 4.78 is 12.2. The third-order valence-electron chi connectivity index (χ3n) is 4.97. The van der Waals surface area contributed by atoms with E-state index in [4.69, 9.17) is 9.15 Å². The highest BCUT2D eigenvalue weighted by Gasteiger charge is 2.34. The zero-order valence-electron chi connectivity index (χ0n) is 16.0. The van der Waals surface area contributed by atoms with Gasteiger partial charge in [-0.3, -0.25) is 9.59 Å². The lowest BCUT2D eigenvalue weighted by atomic mass is 9.87. The molecule has 0 bridgehead atoms. The van der Waals surface area contributed by atoms with Gasteiger partial charge in [-0.2, -0.15) is 0 Å². The maximum atomic E-state index is 13.4. The lowest BCUT2D eigenvalue weighted by Crippen LogP contribution is -2.33. The first-order valence-corrected chi connectivity index (χ1v) is 9.33. The van der Waals surface area contributed by atoms with Crippen LogP contribution < -0.4 is 15.9 Å². The topological polar surface area (TPSA) is 78.5 Å². The van der Waals surface area contributed by atoms with Crippen LogP contribution in [-0.2, 0) is 11.3 Å². The third-order valence-corrected chi connectivity index (χ3v) is 4.97. The summed E-state index contributed by atoms with van der Waals surface area (Å²) in [5.74, 6) is -0.368. The summed E-state index contributed by atoms with van der Waals surface area (Å²) in [6, 6.07) is 10.9. The van der Waals surface area contributed by atoms with Crippen molar-refractivity contribution in [3.63, 3.8) is 0 Å². The van der Waals surface area contributed by atoms with Gasteiger partial charge in [0.15, 0.2) is 0 Å². The number of carbonyl (C=O) groups is 1. The largest absolute Gasteiger partial charge is 0.428 e. The fraction of sp³-hybridized carbons (Fsp3) is 0.318.